The van der Waals surface area contributed by atoms with Crippen LogP contribution in [0.2, 0.25) is 0 Å². The summed E-state index contributed by atoms with van der Waals surface area (Å²) in [6.45, 7) is 6.65. The quantitative estimate of drug-likeness (QED) is 0.601. The highest BCUT2D eigenvalue weighted by Gasteiger charge is 2.26. The van der Waals surface area contributed by atoms with Crippen LogP contribution in [0.4, 0.5) is 0 Å². The van der Waals surface area contributed by atoms with Crippen molar-refractivity contribution in [2.75, 3.05) is 13.1 Å². The molecule has 1 rings (SSSR count). The highest BCUT2D eigenvalue weighted by Crippen LogP contribution is 2.22. The first kappa shape index (κ1) is 9.72. The van der Waals surface area contributed by atoms with Gasteiger partial charge in [0.1, 0.15) is 6.29 Å². The standard InChI is InChI=1S/C10H19NO/c1-10(2,6-9-12)11-7-4-3-5-8-11/h9H,3-8H2,1-2H3. The molecule has 0 aliphatic carbocycles. The minimum absolute atomic E-state index is 0.0855. The Bertz CT molecular complexity index is 148. The lowest BCUT2D eigenvalue weighted by Crippen LogP contribution is -2.46. The fraction of sp³-hybridized carbons (Fsp3) is 0.900. The van der Waals surface area contributed by atoms with Crippen molar-refractivity contribution in [1.82, 2.24) is 4.90 Å². The van der Waals surface area contributed by atoms with E-state index in [1.807, 2.05) is 0 Å². The number of carbonyl (C=O) groups is 1. The molecule has 0 amide bonds. The number of piperidine rings is 1. The largest absolute Gasteiger partial charge is 0.303 e. The van der Waals surface area contributed by atoms with E-state index >= 15 is 0 Å². The molecule has 12 heavy (non-hydrogen) atoms. The third-order valence-corrected chi connectivity index (χ3v) is 2.79. The first-order valence-corrected chi connectivity index (χ1v) is 4.85. The van der Waals surface area contributed by atoms with Gasteiger partial charge in [-0.3, -0.25) is 4.90 Å². The van der Waals surface area contributed by atoms with E-state index in [2.05, 4.69) is 18.7 Å². The molecule has 1 aliphatic heterocycles. The number of rotatable bonds is 3. The van der Waals surface area contributed by atoms with Crippen molar-refractivity contribution < 1.29 is 4.79 Å². The van der Waals surface area contributed by atoms with Gasteiger partial charge in [0.15, 0.2) is 0 Å². The average molecular weight is 169 g/mol. The second-order valence-corrected chi connectivity index (χ2v) is 4.23. The van der Waals surface area contributed by atoms with E-state index in [1.54, 1.807) is 0 Å². The molecule has 0 unspecified atom stereocenters. The normalized spacial score (nSPS) is 20.8. The van der Waals surface area contributed by atoms with Crippen LogP contribution >= 0.6 is 0 Å². The first-order valence-electron chi connectivity index (χ1n) is 4.85. The first-order chi connectivity index (χ1) is 5.67. The minimum Gasteiger partial charge on any atom is -0.303 e. The Labute approximate surface area is 74.9 Å². The van der Waals surface area contributed by atoms with Crippen molar-refractivity contribution in [3.05, 3.63) is 0 Å². The molecular weight excluding hydrogens is 150 g/mol. The van der Waals surface area contributed by atoms with Gasteiger partial charge in [0.25, 0.3) is 0 Å². The van der Waals surface area contributed by atoms with Gasteiger partial charge >= 0.3 is 0 Å². The Balaban J connectivity index is 2.47. The summed E-state index contributed by atoms with van der Waals surface area (Å²) in [5.41, 5.74) is 0.0855. The molecule has 2 heteroatoms. The summed E-state index contributed by atoms with van der Waals surface area (Å²) in [4.78, 5) is 12.9. The van der Waals surface area contributed by atoms with Crippen LogP contribution in [-0.2, 0) is 4.79 Å². The van der Waals surface area contributed by atoms with Crippen LogP contribution < -0.4 is 0 Å². The number of hydrogen-bond donors (Lipinski definition) is 0. The van der Waals surface area contributed by atoms with Gasteiger partial charge in [-0.05, 0) is 39.8 Å². The molecule has 1 fully saturated rings. The molecule has 0 atom stereocenters. The van der Waals surface area contributed by atoms with E-state index in [0.29, 0.717) is 6.42 Å². The third-order valence-electron chi connectivity index (χ3n) is 2.79. The predicted octanol–water partition coefficient (Wildman–Crippen LogP) is 1.84. The molecule has 1 aliphatic rings. The Kier molecular flexibility index (Phi) is 3.27. The van der Waals surface area contributed by atoms with Crippen molar-refractivity contribution >= 4 is 6.29 Å². The Morgan fingerprint density at radius 3 is 2.33 bits per heavy atom. The maximum Gasteiger partial charge on any atom is 0.121 e. The van der Waals surface area contributed by atoms with E-state index in [0.717, 1.165) is 6.29 Å². The van der Waals surface area contributed by atoms with Gasteiger partial charge < -0.3 is 4.79 Å². The zero-order valence-corrected chi connectivity index (χ0v) is 8.18. The SMILES string of the molecule is CC(C)(CC=O)N1CCCCC1. The van der Waals surface area contributed by atoms with Crippen LogP contribution in [0.5, 0.6) is 0 Å². The molecule has 0 aromatic rings. The molecule has 0 aromatic heterocycles. The monoisotopic (exact) mass is 169 g/mol. The van der Waals surface area contributed by atoms with Crippen molar-refractivity contribution in [3.63, 3.8) is 0 Å². The Morgan fingerprint density at radius 2 is 1.83 bits per heavy atom. The number of likely N-dealkylation sites (tertiary alicyclic amines) is 1. The highest BCUT2D eigenvalue weighted by molar-refractivity contribution is 5.51. The molecular formula is C10H19NO. The number of aldehydes is 1. The summed E-state index contributed by atoms with van der Waals surface area (Å²) in [5.74, 6) is 0. The zero-order valence-electron chi connectivity index (χ0n) is 8.18. The topological polar surface area (TPSA) is 20.3 Å². The van der Waals surface area contributed by atoms with Gasteiger partial charge in [0, 0.05) is 12.0 Å². The number of hydrogen-bond acceptors (Lipinski definition) is 2. The third kappa shape index (κ3) is 2.31. The lowest BCUT2D eigenvalue weighted by atomic mass is 9.96. The van der Waals surface area contributed by atoms with Crippen molar-refractivity contribution in [3.8, 4) is 0 Å². The van der Waals surface area contributed by atoms with E-state index in [9.17, 15) is 4.79 Å². The molecule has 0 spiro atoms. The fourth-order valence-electron chi connectivity index (χ4n) is 1.83. The molecule has 2 nitrogen and oxygen atoms in total. The Morgan fingerprint density at radius 1 is 1.25 bits per heavy atom. The van der Waals surface area contributed by atoms with Crippen LogP contribution in [0.15, 0.2) is 0 Å². The summed E-state index contributed by atoms with van der Waals surface area (Å²) in [6, 6.07) is 0. The van der Waals surface area contributed by atoms with Crippen molar-refractivity contribution in [2.45, 2.75) is 45.1 Å². The second kappa shape index (κ2) is 4.04. The molecule has 0 radical (unpaired) electrons. The summed E-state index contributed by atoms with van der Waals surface area (Å²) >= 11 is 0. The molecule has 1 saturated heterocycles. The smallest absolute Gasteiger partial charge is 0.121 e. The van der Waals surface area contributed by atoms with Gasteiger partial charge in [-0.25, -0.2) is 0 Å². The van der Waals surface area contributed by atoms with Gasteiger partial charge in [-0.15, -0.1) is 0 Å². The number of nitrogens with zero attached hydrogens (tertiary/aromatic N) is 1. The summed E-state index contributed by atoms with van der Waals surface area (Å²) in [7, 11) is 0. The van der Waals surface area contributed by atoms with Gasteiger partial charge in [0.2, 0.25) is 0 Å². The summed E-state index contributed by atoms with van der Waals surface area (Å²) in [5, 5.41) is 0. The maximum absolute atomic E-state index is 10.4. The van der Waals surface area contributed by atoms with Crippen molar-refractivity contribution in [2.24, 2.45) is 0 Å². The molecule has 0 aromatic carbocycles. The lowest BCUT2D eigenvalue weighted by Gasteiger charge is -2.39. The molecule has 0 saturated carbocycles. The fourth-order valence-corrected chi connectivity index (χ4v) is 1.83. The van der Waals surface area contributed by atoms with E-state index in [-0.39, 0.29) is 5.54 Å². The predicted molar refractivity (Wildman–Crippen MR) is 50.2 cm³/mol. The van der Waals surface area contributed by atoms with Gasteiger partial charge in [0.05, 0.1) is 0 Å². The second-order valence-electron chi connectivity index (χ2n) is 4.23. The van der Waals surface area contributed by atoms with Gasteiger partial charge in [-0.2, -0.15) is 0 Å². The molecule has 0 bridgehead atoms. The molecule has 1 heterocycles. The van der Waals surface area contributed by atoms with Crippen LogP contribution in [0.3, 0.4) is 0 Å². The average Bonchev–Trinajstić information content (AvgIpc) is 2.06. The van der Waals surface area contributed by atoms with E-state index in [1.165, 1.54) is 32.4 Å². The zero-order chi connectivity index (χ0) is 9.03. The molecule has 0 N–H and O–H groups in total. The Hall–Kier alpha value is -0.370. The van der Waals surface area contributed by atoms with Crippen LogP contribution in [0, 0.1) is 0 Å². The van der Waals surface area contributed by atoms with E-state index in [4.69, 9.17) is 0 Å². The van der Waals surface area contributed by atoms with E-state index < -0.39 is 0 Å². The van der Waals surface area contributed by atoms with Crippen LogP contribution in [0.1, 0.15) is 39.5 Å². The maximum atomic E-state index is 10.4. The summed E-state index contributed by atoms with van der Waals surface area (Å²) < 4.78 is 0. The van der Waals surface area contributed by atoms with Crippen molar-refractivity contribution in [1.29, 1.82) is 0 Å². The molecule has 70 valence electrons. The minimum atomic E-state index is 0.0855. The van der Waals surface area contributed by atoms with Crippen LogP contribution in [0.25, 0.3) is 0 Å². The highest BCUT2D eigenvalue weighted by atomic mass is 16.1. The lowest BCUT2D eigenvalue weighted by molar-refractivity contribution is -0.110. The number of carbonyl (C=O) groups excluding carboxylic acids is 1. The van der Waals surface area contributed by atoms with Gasteiger partial charge in [-0.1, -0.05) is 6.42 Å². The van der Waals surface area contributed by atoms with Crippen LogP contribution in [-0.4, -0.2) is 29.8 Å². The summed E-state index contributed by atoms with van der Waals surface area (Å²) in [6.07, 6.45) is 5.64.